The van der Waals surface area contributed by atoms with Gasteiger partial charge < -0.3 is 5.32 Å². The monoisotopic (exact) mass is 306 g/mol. The van der Waals surface area contributed by atoms with Crippen LogP contribution in [0, 0.1) is 0 Å². The summed E-state index contributed by atoms with van der Waals surface area (Å²) in [6.45, 7) is 10.5. The molecule has 0 unspecified atom stereocenters. The van der Waals surface area contributed by atoms with Gasteiger partial charge in [0.2, 0.25) is 0 Å². The van der Waals surface area contributed by atoms with Crippen molar-refractivity contribution in [2.45, 2.75) is 76.9 Å². The van der Waals surface area contributed by atoms with E-state index >= 15 is 0 Å². The van der Waals surface area contributed by atoms with E-state index < -0.39 is 0 Å². The molecule has 1 aromatic rings. The van der Waals surface area contributed by atoms with Crippen LogP contribution in [0.5, 0.6) is 0 Å². The zero-order chi connectivity index (χ0) is 14.9. The number of piperazine rings is 1. The minimum Gasteiger partial charge on any atom is -0.308 e. The molecule has 1 aliphatic carbocycles. The number of rotatable bonds is 3. The third-order valence-electron chi connectivity index (χ3n) is 5.47. The fourth-order valence-electron chi connectivity index (χ4n) is 3.87. The standard InChI is InChI=1S/C18H30N2S/c1-4-15-8-9-16(21-15)12-20-14-18(10-6-5-7-11-18)19-13-17(20,2)3/h8-9,19H,4-7,10-14H2,1-3H3. The summed E-state index contributed by atoms with van der Waals surface area (Å²) in [4.78, 5) is 5.79. The predicted octanol–water partition coefficient (Wildman–Crippen LogP) is 4.20. The molecule has 1 saturated carbocycles. The normalized spacial score (nSPS) is 25.3. The maximum Gasteiger partial charge on any atom is 0.0334 e. The van der Waals surface area contributed by atoms with Crippen LogP contribution in [-0.2, 0) is 13.0 Å². The maximum absolute atomic E-state index is 3.92. The molecule has 0 amide bonds. The SMILES string of the molecule is CCc1ccc(CN2CC3(CCCCC3)NCC2(C)C)s1. The van der Waals surface area contributed by atoms with Gasteiger partial charge in [-0.25, -0.2) is 0 Å². The molecule has 3 rings (SSSR count). The summed E-state index contributed by atoms with van der Waals surface area (Å²) in [5.41, 5.74) is 0.664. The topological polar surface area (TPSA) is 15.3 Å². The lowest BCUT2D eigenvalue weighted by Crippen LogP contribution is -2.68. The summed E-state index contributed by atoms with van der Waals surface area (Å²) in [5.74, 6) is 0. The molecular formula is C18H30N2S. The molecule has 3 heteroatoms. The number of nitrogens with zero attached hydrogens (tertiary/aromatic N) is 1. The van der Waals surface area contributed by atoms with Crippen molar-refractivity contribution < 1.29 is 0 Å². The Morgan fingerprint density at radius 3 is 2.52 bits per heavy atom. The number of aryl methyl sites for hydroxylation is 1. The summed E-state index contributed by atoms with van der Waals surface area (Å²) in [7, 11) is 0. The maximum atomic E-state index is 3.92. The highest BCUT2D eigenvalue weighted by Crippen LogP contribution is 2.35. The van der Waals surface area contributed by atoms with Crippen molar-refractivity contribution in [3.8, 4) is 0 Å². The molecule has 1 spiro atoms. The van der Waals surface area contributed by atoms with Crippen LogP contribution in [0.25, 0.3) is 0 Å². The van der Waals surface area contributed by atoms with E-state index in [4.69, 9.17) is 0 Å². The molecule has 2 fully saturated rings. The molecule has 2 nitrogen and oxygen atoms in total. The van der Waals surface area contributed by atoms with Crippen molar-refractivity contribution in [1.82, 2.24) is 10.2 Å². The van der Waals surface area contributed by atoms with Gasteiger partial charge in [-0.1, -0.05) is 26.2 Å². The molecule has 0 atom stereocenters. The first kappa shape index (κ1) is 15.5. The van der Waals surface area contributed by atoms with Gasteiger partial charge in [0.15, 0.2) is 0 Å². The molecule has 0 aromatic carbocycles. The van der Waals surface area contributed by atoms with E-state index in [-0.39, 0.29) is 5.54 Å². The van der Waals surface area contributed by atoms with Gasteiger partial charge in [-0.15, -0.1) is 11.3 Å². The first-order valence-corrected chi connectivity index (χ1v) is 9.42. The van der Waals surface area contributed by atoms with Crippen LogP contribution in [0.1, 0.15) is 62.6 Å². The molecular weight excluding hydrogens is 276 g/mol. The average molecular weight is 307 g/mol. The minimum atomic E-state index is 0.263. The molecule has 1 saturated heterocycles. The lowest BCUT2D eigenvalue weighted by atomic mass is 9.77. The van der Waals surface area contributed by atoms with E-state index in [0.29, 0.717) is 5.54 Å². The predicted molar refractivity (Wildman–Crippen MR) is 92.0 cm³/mol. The van der Waals surface area contributed by atoms with Crippen molar-refractivity contribution in [2.24, 2.45) is 0 Å². The van der Waals surface area contributed by atoms with E-state index in [1.807, 2.05) is 11.3 Å². The second-order valence-corrected chi connectivity index (χ2v) is 8.84. The number of thiophene rings is 1. The second-order valence-electron chi connectivity index (χ2n) is 7.58. The third kappa shape index (κ3) is 3.35. The Bertz CT molecular complexity index is 471. The zero-order valence-corrected chi connectivity index (χ0v) is 14.7. The van der Waals surface area contributed by atoms with Crippen LogP contribution in [0.15, 0.2) is 12.1 Å². The lowest BCUT2D eigenvalue weighted by molar-refractivity contribution is 0.00553. The summed E-state index contributed by atoms with van der Waals surface area (Å²) >= 11 is 2.00. The van der Waals surface area contributed by atoms with Crippen molar-refractivity contribution in [3.63, 3.8) is 0 Å². The first-order valence-electron chi connectivity index (χ1n) is 8.61. The van der Waals surface area contributed by atoms with Crippen molar-refractivity contribution in [3.05, 3.63) is 21.9 Å². The van der Waals surface area contributed by atoms with E-state index in [2.05, 4.69) is 43.1 Å². The minimum absolute atomic E-state index is 0.263. The fourth-order valence-corrected chi connectivity index (χ4v) is 4.84. The second kappa shape index (κ2) is 6.02. The Labute approximate surface area is 133 Å². The van der Waals surface area contributed by atoms with Crippen LogP contribution in [0.2, 0.25) is 0 Å². The Hall–Kier alpha value is -0.380. The molecule has 0 radical (unpaired) electrons. The average Bonchev–Trinajstić information content (AvgIpc) is 2.92. The molecule has 1 N–H and O–H groups in total. The third-order valence-corrected chi connectivity index (χ3v) is 6.68. The van der Waals surface area contributed by atoms with E-state index in [1.54, 1.807) is 0 Å². The molecule has 2 aliphatic rings. The molecule has 2 heterocycles. The number of hydrogen-bond acceptors (Lipinski definition) is 3. The Morgan fingerprint density at radius 1 is 1.14 bits per heavy atom. The molecule has 118 valence electrons. The first-order chi connectivity index (χ1) is 10.0. The van der Waals surface area contributed by atoms with Gasteiger partial charge in [-0.3, -0.25) is 4.90 Å². The summed E-state index contributed by atoms with van der Waals surface area (Å²) in [6.07, 6.45) is 8.13. The van der Waals surface area contributed by atoms with Crippen molar-refractivity contribution in [1.29, 1.82) is 0 Å². The summed E-state index contributed by atoms with van der Waals surface area (Å²) in [5, 5.41) is 3.92. The van der Waals surface area contributed by atoms with Crippen molar-refractivity contribution in [2.75, 3.05) is 13.1 Å². The van der Waals surface area contributed by atoms with Crippen LogP contribution in [0.3, 0.4) is 0 Å². The summed E-state index contributed by atoms with van der Waals surface area (Å²) < 4.78 is 0. The fraction of sp³-hybridized carbons (Fsp3) is 0.778. The lowest BCUT2D eigenvalue weighted by Gasteiger charge is -2.53. The van der Waals surface area contributed by atoms with Gasteiger partial charge >= 0.3 is 0 Å². The van der Waals surface area contributed by atoms with Crippen LogP contribution in [-0.4, -0.2) is 29.1 Å². The van der Waals surface area contributed by atoms with Gasteiger partial charge in [0.25, 0.3) is 0 Å². The molecule has 1 aromatic heterocycles. The highest BCUT2D eigenvalue weighted by atomic mass is 32.1. The highest BCUT2D eigenvalue weighted by Gasteiger charge is 2.43. The smallest absolute Gasteiger partial charge is 0.0334 e. The van der Waals surface area contributed by atoms with Crippen LogP contribution in [0.4, 0.5) is 0 Å². The zero-order valence-electron chi connectivity index (χ0n) is 13.9. The van der Waals surface area contributed by atoms with Crippen molar-refractivity contribution >= 4 is 11.3 Å². The van der Waals surface area contributed by atoms with Gasteiger partial charge in [0.1, 0.15) is 0 Å². The van der Waals surface area contributed by atoms with Gasteiger partial charge in [-0.05, 0) is 45.2 Å². The van der Waals surface area contributed by atoms with Gasteiger partial charge in [0.05, 0.1) is 0 Å². The largest absolute Gasteiger partial charge is 0.308 e. The van der Waals surface area contributed by atoms with E-state index in [9.17, 15) is 0 Å². The quantitative estimate of drug-likeness (QED) is 0.900. The van der Waals surface area contributed by atoms with Crippen LogP contribution >= 0.6 is 11.3 Å². The number of nitrogens with one attached hydrogen (secondary N) is 1. The molecule has 1 aliphatic heterocycles. The van der Waals surface area contributed by atoms with E-state index in [0.717, 1.165) is 13.1 Å². The Balaban J connectivity index is 1.73. The van der Waals surface area contributed by atoms with E-state index in [1.165, 1.54) is 54.8 Å². The van der Waals surface area contributed by atoms with Crippen LogP contribution < -0.4 is 5.32 Å². The van der Waals surface area contributed by atoms with Gasteiger partial charge in [0, 0.05) is 40.5 Å². The Kier molecular flexibility index (Phi) is 4.45. The van der Waals surface area contributed by atoms with Gasteiger partial charge in [-0.2, -0.15) is 0 Å². The Morgan fingerprint density at radius 2 is 1.86 bits per heavy atom. The highest BCUT2D eigenvalue weighted by molar-refractivity contribution is 7.11. The molecule has 21 heavy (non-hydrogen) atoms. The number of hydrogen-bond donors (Lipinski definition) is 1. The molecule has 0 bridgehead atoms. The summed E-state index contributed by atoms with van der Waals surface area (Å²) in [6, 6.07) is 4.65.